The van der Waals surface area contributed by atoms with Gasteiger partial charge in [0.2, 0.25) is 0 Å². The molecule has 0 saturated heterocycles. The van der Waals surface area contributed by atoms with Crippen molar-refractivity contribution in [3.63, 3.8) is 0 Å². The zero-order valence-electron chi connectivity index (χ0n) is 10.5. The SMILES string of the molecule is N#C/C(=C(/N)c1ccc(OC(F)(F)F)cc1)c1cccs1. The molecule has 0 amide bonds. The fraction of sp³-hybridized carbons (Fsp3) is 0.0714. The van der Waals surface area contributed by atoms with Crippen LogP contribution < -0.4 is 10.5 Å². The van der Waals surface area contributed by atoms with Gasteiger partial charge in [0.25, 0.3) is 0 Å². The summed E-state index contributed by atoms with van der Waals surface area (Å²) in [7, 11) is 0. The summed E-state index contributed by atoms with van der Waals surface area (Å²) in [6.07, 6.45) is -4.74. The first-order chi connectivity index (χ1) is 9.90. The second-order valence-corrected chi connectivity index (χ2v) is 4.90. The van der Waals surface area contributed by atoms with Crippen molar-refractivity contribution in [2.24, 2.45) is 5.73 Å². The molecular formula is C14H9F3N2OS. The van der Waals surface area contributed by atoms with Crippen molar-refractivity contribution in [3.8, 4) is 11.8 Å². The van der Waals surface area contributed by atoms with Crippen LogP contribution in [0.4, 0.5) is 13.2 Å². The van der Waals surface area contributed by atoms with Crippen molar-refractivity contribution in [1.29, 1.82) is 5.26 Å². The van der Waals surface area contributed by atoms with Crippen LogP contribution in [0.5, 0.6) is 5.75 Å². The molecule has 0 saturated carbocycles. The molecule has 0 atom stereocenters. The lowest BCUT2D eigenvalue weighted by molar-refractivity contribution is -0.274. The summed E-state index contributed by atoms with van der Waals surface area (Å²) >= 11 is 1.36. The molecule has 0 fully saturated rings. The molecule has 2 aromatic rings. The quantitative estimate of drug-likeness (QED) is 0.872. The van der Waals surface area contributed by atoms with Crippen LogP contribution in [0.1, 0.15) is 10.4 Å². The predicted octanol–water partition coefficient (Wildman–Crippen LogP) is 4.00. The summed E-state index contributed by atoms with van der Waals surface area (Å²) in [5, 5.41) is 11.0. The van der Waals surface area contributed by atoms with Gasteiger partial charge in [-0.2, -0.15) is 5.26 Å². The molecule has 21 heavy (non-hydrogen) atoms. The first kappa shape index (κ1) is 14.9. The number of hydrogen-bond acceptors (Lipinski definition) is 4. The molecule has 3 nitrogen and oxygen atoms in total. The monoisotopic (exact) mass is 310 g/mol. The minimum absolute atomic E-state index is 0.207. The van der Waals surface area contributed by atoms with Gasteiger partial charge in [-0.3, -0.25) is 0 Å². The highest BCUT2D eigenvalue weighted by atomic mass is 32.1. The van der Waals surface area contributed by atoms with Crippen molar-refractivity contribution in [2.45, 2.75) is 6.36 Å². The molecule has 0 bridgehead atoms. The number of nitrogens with two attached hydrogens (primary N) is 1. The third-order valence-corrected chi connectivity index (χ3v) is 3.43. The molecule has 0 radical (unpaired) electrons. The van der Waals surface area contributed by atoms with Crippen LogP contribution in [0.25, 0.3) is 11.3 Å². The maximum Gasteiger partial charge on any atom is 0.573 e. The first-order valence-corrected chi connectivity index (χ1v) is 6.58. The topological polar surface area (TPSA) is 59.0 Å². The van der Waals surface area contributed by atoms with E-state index in [-0.39, 0.29) is 17.0 Å². The Morgan fingerprint density at radius 3 is 2.33 bits per heavy atom. The summed E-state index contributed by atoms with van der Waals surface area (Å²) in [6.45, 7) is 0. The zero-order valence-corrected chi connectivity index (χ0v) is 11.3. The molecule has 1 aromatic heterocycles. The standard InChI is InChI=1S/C14H9F3N2OS/c15-14(16,17)20-10-5-3-9(4-6-10)13(19)11(8-18)12-2-1-7-21-12/h1-7H,19H2/b13-11-. The smallest absolute Gasteiger partial charge is 0.406 e. The van der Waals surface area contributed by atoms with Crippen LogP contribution >= 0.6 is 11.3 Å². The third kappa shape index (κ3) is 3.77. The largest absolute Gasteiger partial charge is 0.573 e. The summed E-state index contributed by atoms with van der Waals surface area (Å²) in [5.41, 5.74) is 6.87. The number of nitriles is 1. The summed E-state index contributed by atoms with van der Waals surface area (Å²) in [5.74, 6) is -0.339. The molecule has 7 heteroatoms. The minimum atomic E-state index is -4.74. The Morgan fingerprint density at radius 2 is 1.86 bits per heavy atom. The average molecular weight is 310 g/mol. The number of allylic oxidation sites excluding steroid dienone is 1. The number of rotatable bonds is 3. The van der Waals surface area contributed by atoms with E-state index < -0.39 is 6.36 Å². The van der Waals surface area contributed by atoms with Crippen LogP contribution in [0.3, 0.4) is 0 Å². The highest BCUT2D eigenvalue weighted by Crippen LogP contribution is 2.28. The minimum Gasteiger partial charge on any atom is -0.406 e. The number of thiophene rings is 1. The molecule has 2 N–H and O–H groups in total. The lowest BCUT2D eigenvalue weighted by Crippen LogP contribution is -2.17. The Kier molecular flexibility index (Phi) is 4.19. The first-order valence-electron chi connectivity index (χ1n) is 5.70. The van der Waals surface area contributed by atoms with Gasteiger partial charge in [-0.1, -0.05) is 6.07 Å². The van der Waals surface area contributed by atoms with E-state index in [1.807, 2.05) is 6.07 Å². The van der Waals surface area contributed by atoms with Gasteiger partial charge < -0.3 is 10.5 Å². The highest BCUT2D eigenvalue weighted by Gasteiger charge is 2.31. The number of alkyl halides is 3. The molecule has 0 aliphatic carbocycles. The average Bonchev–Trinajstić information content (AvgIpc) is 2.92. The molecule has 0 aliphatic rings. The van der Waals surface area contributed by atoms with E-state index in [1.54, 1.807) is 17.5 Å². The predicted molar refractivity (Wildman–Crippen MR) is 74.1 cm³/mol. The van der Waals surface area contributed by atoms with E-state index in [0.29, 0.717) is 10.4 Å². The van der Waals surface area contributed by atoms with E-state index in [0.717, 1.165) is 12.1 Å². The van der Waals surface area contributed by atoms with Crippen molar-refractivity contribution in [2.75, 3.05) is 0 Å². The summed E-state index contributed by atoms with van der Waals surface area (Å²) in [4.78, 5) is 0.700. The Labute approximate surface area is 122 Å². The summed E-state index contributed by atoms with van der Waals surface area (Å²) < 4.78 is 40.0. The van der Waals surface area contributed by atoms with E-state index in [1.165, 1.54) is 23.5 Å². The Morgan fingerprint density at radius 1 is 1.19 bits per heavy atom. The van der Waals surface area contributed by atoms with Gasteiger partial charge in [0.1, 0.15) is 11.8 Å². The number of nitrogens with zero attached hydrogens (tertiary/aromatic N) is 1. The van der Waals surface area contributed by atoms with Gasteiger partial charge in [-0.25, -0.2) is 0 Å². The van der Waals surface area contributed by atoms with Crippen molar-refractivity contribution < 1.29 is 17.9 Å². The highest BCUT2D eigenvalue weighted by molar-refractivity contribution is 7.11. The lowest BCUT2D eigenvalue weighted by atomic mass is 10.1. The second kappa shape index (κ2) is 5.89. The Balaban J connectivity index is 2.32. The molecule has 1 heterocycles. The van der Waals surface area contributed by atoms with E-state index in [9.17, 15) is 18.4 Å². The van der Waals surface area contributed by atoms with Crippen LogP contribution in [0.15, 0.2) is 41.8 Å². The van der Waals surface area contributed by atoms with E-state index in [2.05, 4.69) is 4.74 Å². The van der Waals surface area contributed by atoms with Crippen LogP contribution in [0.2, 0.25) is 0 Å². The number of ether oxygens (including phenoxy) is 1. The zero-order chi connectivity index (χ0) is 15.5. The Hall–Kier alpha value is -2.46. The molecular weight excluding hydrogens is 301 g/mol. The fourth-order valence-electron chi connectivity index (χ4n) is 1.65. The molecule has 1 aromatic carbocycles. The maximum atomic E-state index is 12.1. The van der Waals surface area contributed by atoms with Crippen molar-refractivity contribution in [3.05, 3.63) is 52.2 Å². The molecule has 108 valence electrons. The Bertz CT molecular complexity index is 682. The van der Waals surface area contributed by atoms with Crippen LogP contribution in [-0.2, 0) is 0 Å². The third-order valence-electron chi connectivity index (χ3n) is 2.55. The fourth-order valence-corrected chi connectivity index (χ4v) is 2.38. The van der Waals surface area contributed by atoms with Gasteiger partial charge in [0.05, 0.1) is 11.3 Å². The van der Waals surface area contributed by atoms with E-state index >= 15 is 0 Å². The van der Waals surface area contributed by atoms with Crippen molar-refractivity contribution in [1.82, 2.24) is 0 Å². The number of benzene rings is 1. The van der Waals surface area contributed by atoms with Crippen molar-refractivity contribution >= 4 is 22.6 Å². The summed E-state index contributed by atoms with van der Waals surface area (Å²) in [6, 6.07) is 10.6. The molecule has 2 rings (SSSR count). The normalized spacial score (nSPS) is 12.5. The molecule has 0 aliphatic heterocycles. The van der Waals surface area contributed by atoms with Gasteiger partial charge in [0.15, 0.2) is 0 Å². The van der Waals surface area contributed by atoms with Gasteiger partial charge in [-0.15, -0.1) is 24.5 Å². The second-order valence-electron chi connectivity index (χ2n) is 3.95. The lowest BCUT2D eigenvalue weighted by Gasteiger charge is -2.10. The molecule has 0 spiro atoms. The van der Waals surface area contributed by atoms with Gasteiger partial charge in [-0.05, 0) is 41.3 Å². The van der Waals surface area contributed by atoms with Crippen LogP contribution in [-0.4, -0.2) is 6.36 Å². The van der Waals surface area contributed by atoms with Gasteiger partial charge >= 0.3 is 6.36 Å². The maximum absolute atomic E-state index is 12.1. The molecule has 0 unspecified atom stereocenters. The van der Waals surface area contributed by atoms with Crippen LogP contribution in [0, 0.1) is 11.3 Å². The number of hydrogen-bond donors (Lipinski definition) is 1. The number of halogens is 3. The van der Waals surface area contributed by atoms with Gasteiger partial charge in [0, 0.05) is 4.88 Å². The van der Waals surface area contributed by atoms with E-state index in [4.69, 9.17) is 5.73 Å².